The van der Waals surface area contributed by atoms with Gasteiger partial charge in [-0.3, -0.25) is 9.59 Å². The standard InChI is InChI=1S/C17H22N2O4/c1-19-14-7-4-3-6-13(14)15(12-17(19)21)23-10-5-8-16(20)18-9-11-22-2/h3-4,6-7,12H,5,8-11H2,1-2H3,(H,18,20). The van der Waals surface area contributed by atoms with E-state index in [0.717, 1.165) is 10.9 Å². The van der Waals surface area contributed by atoms with Crippen molar-refractivity contribution in [1.82, 2.24) is 9.88 Å². The molecule has 1 aromatic heterocycles. The lowest BCUT2D eigenvalue weighted by molar-refractivity contribution is -0.121. The predicted molar refractivity (Wildman–Crippen MR) is 88.8 cm³/mol. The largest absolute Gasteiger partial charge is 0.493 e. The van der Waals surface area contributed by atoms with E-state index in [1.54, 1.807) is 18.7 Å². The van der Waals surface area contributed by atoms with Gasteiger partial charge in [-0.05, 0) is 18.6 Å². The van der Waals surface area contributed by atoms with Gasteiger partial charge in [-0.15, -0.1) is 0 Å². The summed E-state index contributed by atoms with van der Waals surface area (Å²) in [5.74, 6) is 0.531. The number of methoxy groups -OCH3 is 1. The van der Waals surface area contributed by atoms with Crippen molar-refractivity contribution in [3.63, 3.8) is 0 Å². The number of benzene rings is 1. The van der Waals surface area contributed by atoms with Crippen LogP contribution in [0.3, 0.4) is 0 Å². The number of aromatic nitrogens is 1. The number of rotatable bonds is 8. The Morgan fingerprint density at radius 2 is 2.04 bits per heavy atom. The summed E-state index contributed by atoms with van der Waals surface area (Å²) in [4.78, 5) is 23.5. The van der Waals surface area contributed by atoms with Gasteiger partial charge in [0.15, 0.2) is 0 Å². The zero-order valence-corrected chi connectivity index (χ0v) is 13.5. The number of carbonyl (C=O) groups is 1. The van der Waals surface area contributed by atoms with Gasteiger partial charge in [0.05, 0.1) is 18.7 Å². The van der Waals surface area contributed by atoms with E-state index >= 15 is 0 Å². The maximum Gasteiger partial charge on any atom is 0.254 e. The van der Waals surface area contributed by atoms with Crippen molar-refractivity contribution in [2.24, 2.45) is 7.05 Å². The number of hydrogen-bond acceptors (Lipinski definition) is 4. The van der Waals surface area contributed by atoms with Crippen LogP contribution in [-0.2, 0) is 16.6 Å². The Labute approximate surface area is 135 Å². The van der Waals surface area contributed by atoms with E-state index in [0.29, 0.717) is 38.3 Å². The number of pyridine rings is 1. The van der Waals surface area contributed by atoms with Crippen molar-refractivity contribution >= 4 is 16.8 Å². The zero-order valence-electron chi connectivity index (χ0n) is 13.5. The van der Waals surface area contributed by atoms with Crippen LogP contribution in [0, 0.1) is 0 Å². The second-order valence-corrected chi connectivity index (χ2v) is 5.22. The number of nitrogens with zero attached hydrogens (tertiary/aromatic N) is 1. The lowest BCUT2D eigenvalue weighted by Gasteiger charge is -2.11. The number of fused-ring (bicyclic) bond motifs is 1. The molecule has 0 bridgehead atoms. The van der Waals surface area contributed by atoms with E-state index in [2.05, 4.69) is 5.32 Å². The first kappa shape index (κ1) is 17.0. The van der Waals surface area contributed by atoms with Crippen LogP contribution >= 0.6 is 0 Å². The molecule has 0 saturated heterocycles. The first-order valence-corrected chi connectivity index (χ1v) is 7.60. The molecule has 2 aromatic rings. The quantitative estimate of drug-likeness (QED) is 0.748. The average molecular weight is 318 g/mol. The number of amides is 1. The smallest absolute Gasteiger partial charge is 0.254 e. The first-order chi connectivity index (χ1) is 11.1. The summed E-state index contributed by atoms with van der Waals surface area (Å²) in [6, 6.07) is 9.08. The molecule has 0 spiro atoms. The lowest BCUT2D eigenvalue weighted by atomic mass is 10.2. The van der Waals surface area contributed by atoms with E-state index in [1.807, 2.05) is 24.3 Å². The SMILES string of the molecule is COCCNC(=O)CCCOc1cc(=O)n(C)c2ccccc12. The third-order valence-electron chi connectivity index (χ3n) is 3.55. The van der Waals surface area contributed by atoms with E-state index in [-0.39, 0.29) is 11.5 Å². The summed E-state index contributed by atoms with van der Waals surface area (Å²) in [6.07, 6.45) is 0.967. The average Bonchev–Trinajstić information content (AvgIpc) is 2.56. The molecule has 1 aromatic carbocycles. The van der Waals surface area contributed by atoms with E-state index in [1.165, 1.54) is 6.07 Å². The highest BCUT2D eigenvalue weighted by molar-refractivity contribution is 5.85. The van der Waals surface area contributed by atoms with Gasteiger partial charge >= 0.3 is 0 Å². The molecular formula is C17H22N2O4. The van der Waals surface area contributed by atoms with Crippen LogP contribution in [0.2, 0.25) is 0 Å². The normalized spacial score (nSPS) is 10.7. The monoisotopic (exact) mass is 318 g/mol. The van der Waals surface area contributed by atoms with Gasteiger partial charge in [-0.2, -0.15) is 0 Å². The molecule has 1 N–H and O–H groups in total. The first-order valence-electron chi connectivity index (χ1n) is 7.60. The minimum absolute atomic E-state index is 0.0283. The van der Waals surface area contributed by atoms with Crippen LogP contribution in [0.5, 0.6) is 5.75 Å². The minimum Gasteiger partial charge on any atom is -0.493 e. The minimum atomic E-state index is -0.115. The van der Waals surface area contributed by atoms with Crippen LogP contribution in [0.4, 0.5) is 0 Å². The number of nitrogens with one attached hydrogen (secondary N) is 1. The Morgan fingerprint density at radius 3 is 2.83 bits per heavy atom. The second-order valence-electron chi connectivity index (χ2n) is 5.22. The van der Waals surface area contributed by atoms with Crippen molar-refractivity contribution in [2.75, 3.05) is 26.9 Å². The molecule has 6 heteroatoms. The molecule has 0 aliphatic heterocycles. The molecule has 2 rings (SSSR count). The Morgan fingerprint density at radius 1 is 1.26 bits per heavy atom. The number of ether oxygens (including phenoxy) is 2. The number of aryl methyl sites for hydroxylation is 1. The van der Waals surface area contributed by atoms with Crippen molar-refractivity contribution < 1.29 is 14.3 Å². The van der Waals surface area contributed by atoms with E-state index < -0.39 is 0 Å². The molecule has 0 saturated carbocycles. The summed E-state index contributed by atoms with van der Waals surface area (Å²) >= 11 is 0. The summed E-state index contributed by atoms with van der Waals surface area (Å²) in [7, 11) is 3.33. The van der Waals surface area contributed by atoms with E-state index in [4.69, 9.17) is 9.47 Å². The zero-order chi connectivity index (χ0) is 16.7. The molecule has 0 unspecified atom stereocenters. The highest BCUT2D eigenvalue weighted by Crippen LogP contribution is 2.23. The van der Waals surface area contributed by atoms with Crippen LogP contribution in [0.1, 0.15) is 12.8 Å². The fourth-order valence-corrected chi connectivity index (χ4v) is 2.30. The van der Waals surface area contributed by atoms with Crippen LogP contribution < -0.4 is 15.6 Å². The number of carbonyl (C=O) groups excluding carboxylic acids is 1. The Bertz CT molecular complexity index is 724. The Kier molecular flexibility index (Phi) is 6.17. The van der Waals surface area contributed by atoms with Crippen LogP contribution in [-0.4, -0.2) is 37.3 Å². The summed E-state index contributed by atoms with van der Waals surface area (Å²) in [6.45, 7) is 1.39. The molecule has 124 valence electrons. The Balaban J connectivity index is 1.92. The van der Waals surface area contributed by atoms with Gasteiger partial charge in [0, 0.05) is 38.6 Å². The molecule has 1 heterocycles. The molecule has 0 aliphatic rings. The number of para-hydroxylation sites is 1. The molecule has 0 radical (unpaired) electrons. The van der Waals surface area contributed by atoms with Crippen molar-refractivity contribution in [2.45, 2.75) is 12.8 Å². The number of hydrogen-bond donors (Lipinski definition) is 1. The molecule has 0 atom stereocenters. The summed E-state index contributed by atoms with van der Waals surface area (Å²) in [5, 5.41) is 3.64. The molecular weight excluding hydrogens is 296 g/mol. The molecule has 23 heavy (non-hydrogen) atoms. The molecule has 1 amide bonds. The third kappa shape index (κ3) is 4.56. The van der Waals surface area contributed by atoms with Gasteiger partial charge in [-0.25, -0.2) is 0 Å². The maximum atomic E-state index is 11.9. The second kappa shape index (κ2) is 8.33. The highest BCUT2D eigenvalue weighted by atomic mass is 16.5. The van der Waals surface area contributed by atoms with Crippen molar-refractivity contribution in [3.05, 3.63) is 40.7 Å². The van der Waals surface area contributed by atoms with E-state index in [9.17, 15) is 9.59 Å². The third-order valence-corrected chi connectivity index (χ3v) is 3.55. The topological polar surface area (TPSA) is 69.6 Å². The predicted octanol–water partition coefficient (Wildman–Crippen LogP) is 1.46. The lowest BCUT2D eigenvalue weighted by Crippen LogP contribution is -2.27. The van der Waals surface area contributed by atoms with Gasteiger partial charge in [-0.1, -0.05) is 12.1 Å². The van der Waals surface area contributed by atoms with Gasteiger partial charge in [0.25, 0.3) is 5.56 Å². The Hall–Kier alpha value is -2.34. The van der Waals surface area contributed by atoms with Crippen molar-refractivity contribution in [1.29, 1.82) is 0 Å². The summed E-state index contributed by atoms with van der Waals surface area (Å²) in [5.41, 5.74) is 0.711. The van der Waals surface area contributed by atoms with Crippen LogP contribution in [0.15, 0.2) is 35.1 Å². The highest BCUT2D eigenvalue weighted by Gasteiger charge is 2.07. The van der Waals surface area contributed by atoms with Crippen molar-refractivity contribution in [3.8, 4) is 5.75 Å². The van der Waals surface area contributed by atoms with Crippen LogP contribution in [0.25, 0.3) is 10.9 Å². The molecule has 0 aliphatic carbocycles. The van der Waals surface area contributed by atoms with Gasteiger partial charge < -0.3 is 19.4 Å². The fraction of sp³-hybridized carbons (Fsp3) is 0.412. The van der Waals surface area contributed by atoms with Gasteiger partial charge in [0.2, 0.25) is 5.91 Å². The summed E-state index contributed by atoms with van der Waals surface area (Å²) < 4.78 is 12.2. The fourth-order valence-electron chi connectivity index (χ4n) is 2.30. The van der Waals surface area contributed by atoms with Gasteiger partial charge in [0.1, 0.15) is 5.75 Å². The molecule has 0 fully saturated rings. The maximum absolute atomic E-state index is 11.9. The molecule has 6 nitrogen and oxygen atoms in total.